The molecule has 2 aliphatic rings. The monoisotopic (exact) mass is 409 g/mol. The molecule has 0 unspecified atom stereocenters. The van der Waals surface area contributed by atoms with E-state index in [2.05, 4.69) is 10.3 Å². The number of thiocarbonyl (C=S) groups is 1. The van der Waals surface area contributed by atoms with Crippen molar-refractivity contribution >= 4 is 40.5 Å². The summed E-state index contributed by atoms with van der Waals surface area (Å²) in [4.78, 5) is 32.2. The number of amides is 2. The lowest BCUT2D eigenvalue weighted by atomic mass is 9.75. The number of hydrogen-bond acceptors (Lipinski definition) is 5. The Morgan fingerprint density at radius 3 is 2.55 bits per heavy atom. The molecule has 1 aromatic carbocycles. The third kappa shape index (κ3) is 2.76. The molecule has 2 fully saturated rings. The first-order valence-electron chi connectivity index (χ1n) is 8.99. The van der Waals surface area contributed by atoms with Crippen LogP contribution in [0.3, 0.4) is 0 Å². The molecule has 2 aromatic rings. The van der Waals surface area contributed by atoms with E-state index >= 15 is 0 Å². The van der Waals surface area contributed by atoms with E-state index in [1.807, 2.05) is 6.07 Å². The lowest BCUT2D eigenvalue weighted by Gasteiger charge is -2.43. The summed E-state index contributed by atoms with van der Waals surface area (Å²) in [6.45, 7) is 0. The maximum atomic E-state index is 14.6. The molecule has 1 aliphatic carbocycles. The van der Waals surface area contributed by atoms with Crippen LogP contribution in [0.5, 0.6) is 0 Å². The fourth-order valence-electron chi connectivity index (χ4n) is 3.75. The summed E-state index contributed by atoms with van der Waals surface area (Å²) in [5.74, 6) is -1.42. The minimum atomic E-state index is -0.869. The van der Waals surface area contributed by atoms with Gasteiger partial charge in [-0.2, -0.15) is 5.26 Å². The van der Waals surface area contributed by atoms with Crippen molar-refractivity contribution in [3.8, 4) is 6.07 Å². The topological polar surface area (TPSA) is 89.3 Å². The summed E-state index contributed by atoms with van der Waals surface area (Å²) in [5, 5.41) is 11.5. The SMILES string of the molecule is CNC(=O)c1ccc(N2C(=S)N(c3ccc(C#N)nc3)C(=O)C23CCC3)cc1F. The quantitative estimate of drug-likeness (QED) is 0.784. The Kier molecular flexibility index (Phi) is 4.51. The van der Waals surface area contributed by atoms with E-state index in [0.29, 0.717) is 24.2 Å². The van der Waals surface area contributed by atoms with Crippen LogP contribution in [0.15, 0.2) is 36.5 Å². The molecule has 146 valence electrons. The van der Waals surface area contributed by atoms with Crippen LogP contribution in [0.25, 0.3) is 0 Å². The highest BCUT2D eigenvalue weighted by molar-refractivity contribution is 7.81. The van der Waals surface area contributed by atoms with Crippen LogP contribution in [0, 0.1) is 17.1 Å². The molecule has 29 heavy (non-hydrogen) atoms. The number of carbonyl (C=O) groups is 2. The number of pyridine rings is 1. The first-order valence-corrected chi connectivity index (χ1v) is 9.40. The van der Waals surface area contributed by atoms with Gasteiger partial charge >= 0.3 is 0 Å². The van der Waals surface area contributed by atoms with Crippen LogP contribution in [0.1, 0.15) is 35.3 Å². The van der Waals surface area contributed by atoms with Gasteiger partial charge in [0.1, 0.15) is 23.1 Å². The predicted octanol–water partition coefficient (Wildman–Crippen LogP) is 2.51. The van der Waals surface area contributed by atoms with Crippen molar-refractivity contribution in [1.29, 1.82) is 5.26 Å². The number of nitrogens with one attached hydrogen (secondary N) is 1. The number of nitrogens with zero attached hydrogens (tertiary/aromatic N) is 4. The highest BCUT2D eigenvalue weighted by atomic mass is 32.1. The zero-order chi connectivity index (χ0) is 20.8. The molecule has 1 saturated heterocycles. The molecule has 1 aliphatic heterocycles. The van der Waals surface area contributed by atoms with Crippen molar-refractivity contribution in [3.05, 3.63) is 53.6 Å². The van der Waals surface area contributed by atoms with Gasteiger partial charge in [-0.3, -0.25) is 14.5 Å². The van der Waals surface area contributed by atoms with Crippen molar-refractivity contribution in [2.24, 2.45) is 0 Å². The van der Waals surface area contributed by atoms with Crippen LogP contribution in [-0.2, 0) is 4.79 Å². The normalized spacial score (nSPS) is 17.3. The molecule has 1 spiro atoms. The largest absolute Gasteiger partial charge is 0.355 e. The van der Waals surface area contributed by atoms with E-state index in [0.717, 1.165) is 6.42 Å². The Bertz CT molecular complexity index is 1080. The summed E-state index contributed by atoms with van der Waals surface area (Å²) >= 11 is 5.60. The van der Waals surface area contributed by atoms with Gasteiger partial charge in [-0.25, -0.2) is 9.37 Å². The third-order valence-corrected chi connectivity index (χ3v) is 5.76. The number of halogens is 1. The second-order valence-corrected chi connectivity index (χ2v) is 7.27. The average molecular weight is 409 g/mol. The summed E-state index contributed by atoms with van der Waals surface area (Å²) in [6, 6.07) is 9.26. The summed E-state index contributed by atoms with van der Waals surface area (Å²) in [7, 11) is 1.43. The average Bonchev–Trinajstić information content (AvgIpc) is 2.94. The smallest absolute Gasteiger partial charge is 0.259 e. The third-order valence-electron chi connectivity index (χ3n) is 5.40. The lowest BCUT2D eigenvalue weighted by Crippen LogP contribution is -2.55. The van der Waals surface area contributed by atoms with E-state index in [9.17, 15) is 14.0 Å². The molecule has 1 saturated carbocycles. The lowest BCUT2D eigenvalue weighted by molar-refractivity contribution is -0.123. The van der Waals surface area contributed by atoms with Crippen molar-refractivity contribution in [1.82, 2.24) is 10.3 Å². The first kappa shape index (κ1) is 19.0. The second kappa shape index (κ2) is 6.90. The number of carbonyl (C=O) groups excluding carboxylic acids is 2. The van der Waals surface area contributed by atoms with Crippen molar-refractivity contribution < 1.29 is 14.0 Å². The molecule has 2 heterocycles. The van der Waals surface area contributed by atoms with Gasteiger partial charge in [-0.1, -0.05) is 0 Å². The maximum Gasteiger partial charge on any atom is 0.259 e. The Labute approximate surface area is 171 Å². The molecule has 0 bridgehead atoms. The van der Waals surface area contributed by atoms with Gasteiger partial charge in [0.05, 0.1) is 17.4 Å². The molecule has 2 amide bonds. The van der Waals surface area contributed by atoms with E-state index in [-0.39, 0.29) is 22.3 Å². The number of hydrogen-bond donors (Lipinski definition) is 1. The van der Waals surface area contributed by atoms with E-state index < -0.39 is 17.3 Å². The molecule has 4 rings (SSSR count). The Balaban J connectivity index is 1.76. The second-order valence-electron chi connectivity index (χ2n) is 6.90. The number of aromatic nitrogens is 1. The number of nitriles is 1. The van der Waals surface area contributed by atoms with Gasteiger partial charge in [0.2, 0.25) is 0 Å². The number of benzene rings is 1. The standard InChI is InChI=1S/C20H16FN5O2S/c1-23-17(27)15-6-5-13(9-16(15)21)26-19(29)25(18(28)20(26)7-2-8-20)14-4-3-12(10-22)24-11-14/h3-6,9,11H,2,7-8H2,1H3,(H,23,27). The van der Waals surface area contributed by atoms with Gasteiger partial charge in [0.15, 0.2) is 5.11 Å². The Morgan fingerprint density at radius 1 is 1.31 bits per heavy atom. The molecule has 1 aromatic heterocycles. The Morgan fingerprint density at radius 2 is 2.03 bits per heavy atom. The van der Waals surface area contributed by atoms with Gasteiger partial charge in [-0.15, -0.1) is 0 Å². The van der Waals surface area contributed by atoms with Crippen LogP contribution in [0.2, 0.25) is 0 Å². The fraction of sp³-hybridized carbons (Fsp3) is 0.250. The highest BCUT2D eigenvalue weighted by Crippen LogP contribution is 2.47. The summed E-state index contributed by atoms with van der Waals surface area (Å²) < 4.78 is 14.6. The van der Waals surface area contributed by atoms with Gasteiger partial charge in [-0.05, 0) is 61.8 Å². The molecular weight excluding hydrogens is 393 g/mol. The minimum Gasteiger partial charge on any atom is -0.355 e. The molecule has 9 heteroatoms. The minimum absolute atomic E-state index is 0.0801. The van der Waals surface area contributed by atoms with Crippen LogP contribution < -0.4 is 15.1 Å². The van der Waals surface area contributed by atoms with Crippen molar-refractivity contribution in [3.63, 3.8) is 0 Å². The van der Waals surface area contributed by atoms with Gasteiger partial charge < -0.3 is 10.2 Å². The molecular formula is C20H16FN5O2S. The number of rotatable bonds is 3. The van der Waals surface area contributed by atoms with Crippen LogP contribution in [-0.4, -0.2) is 34.5 Å². The summed E-state index contributed by atoms with van der Waals surface area (Å²) in [5.41, 5.74) is 0.149. The maximum absolute atomic E-state index is 14.6. The first-order chi connectivity index (χ1) is 13.9. The van der Waals surface area contributed by atoms with E-state index in [4.69, 9.17) is 17.5 Å². The highest BCUT2D eigenvalue weighted by Gasteiger charge is 2.59. The number of anilines is 2. The van der Waals surface area contributed by atoms with Crippen LogP contribution >= 0.6 is 12.2 Å². The predicted molar refractivity (Wildman–Crippen MR) is 108 cm³/mol. The van der Waals surface area contributed by atoms with Gasteiger partial charge in [0, 0.05) is 12.7 Å². The molecule has 0 atom stereocenters. The van der Waals surface area contributed by atoms with Crippen molar-refractivity contribution in [2.45, 2.75) is 24.8 Å². The Hall–Kier alpha value is -3.38. The zero-order valence-corrected chi connectivity index (χ0v) is 16.3. The molecule has 0 radical (unpaired) electrons. The van der Waals surface area contributed by atoms with E-state index in [1.54, 1.807) is 17.0 Å². The summed E-state index contributed by atoms with van der Waals surface area (Å²) in [6.07, 6.45) is 3.45. The van der Waals surface area contributed by atoms with Crippen LogP contribution in [0.4, 0.5) is 15.8 Å². The molecule has 7 nitrogen and oxygen atoms in total. The fourth-order valence-corrected chi connectivity index (χ4v) is 4.22. The molecule has 1 N–H and O–H groups in total. The van der Waals surface area contributed by atoms with E-state index in [1.165, 1.54) is 36.3 Å². The van der Waals surface area contributed by atoms with Gasteiger partial charge in [0.25, 0.3) is 11.8 Å². The zero-order valence-electron chi connectivity index (χ0n) is 15.5. The van der Waals surface area contributed by atoms with Crippen molar-refractivity contribution in [2.75, 3.05) is 16.8 Å².